The molecule has 1 aliphatic rings. The number of nitrogens with one attached hydrogen (secondary N) is 2. The number of anilines is 1. The molecule has 1 unspecified atom stereocenters. The van der Waals surface area contributed by atoms with Gasteiger partial charge < -0.3 is 14.5 Å². The maximum Gasteiger partial charge on any atom is 0.271 e. The first-order valence-corrected chi connectivity index (χ1v) is 5.51. The number of hydrogen-bond donors (Lipinski definition) is 2. The Hall–Kier alpha value is -2.50. The predicted molar refractivity (Wildman–Crippen MR) is 63.6 cm³/mol. The summed E-state index contributed by atoms with van der Waals surface area (Å²) in [6.45, 7) is 0.184. The summed E-state index contributed by atoms with van der Waals surface area (Å²) in [5.41, 5.74) is 0. The topological polar surface area (TPSA) is 76.2 Å². The number of imidazole rings is 1. The maximum atomic E-state index is 11.9. The second-order valence-electron chi connectivity index (χ2n) is 3.79. The second-order valence-corrected chi connectivity index (χ2v) is 3.79. The van der Waals surface area contributed by atoms with Gasteiger partial charge in [-0.1, -0.05) is 12.1 Å². The van der Waals surface area contributed by atoms with Crippen LogP contribution in [0.3, 0.4) is 0 Å². The summed E-state index contributed by atoms with van der Waals surface area (Å²) in [7, 11) is 0. The standard InChI is InChI=1S/C12H11N3O3/c16-11(15-12-13-5-6-14-12)10-7-17-8-3-1-2-4-9(8)18-10/h1-6,10H,7H2,(H2,13,14,15,16). The molecule has 2 aromatic rings. The molecule has 3 rings (SSSR count). The molecule has 18 heavy (non-hydrogen) atoms. The van der Waals surface area contributed by atoms with Crippen molar-refractivity contribution in [2.45, 2.75) is 6.10 Å². The molecule has 1 aromatic carbocycles. The summed E-state index contributed by atoms with van der Waals surface area (Å²) in [6.07, 6.45) is 2.51. The summed E-state index contributed by atoms with van der Waals surface area (Å²) in [6, 6.07) is 7.25. The molecule has 0 fully saturated rings. The Bertz CT molecular complexity index is 553. The molecule has 2 heterocycles. The van der Waals surface area contributed by atoms with Crippen LogP contribution < -0.4 is 14.8 Å². The molecule has 0 saturated carbocycles. The van der Waals surface area contributed by atoms with E-state index in [4.69, 9.17) is 9.47 Å². The Labute approximate surface area is 103 Å². The molecule has 1 amide bonds. The van der Waals surface area contributed by atoms with Crippen LogP contribution in [0, 0.1) is 0 Å². The Morgan fingerprint density at radius 2 is 2.22 bits per heavy atom. The van der Waals surface area contributed by atoms with Crippen LogP contribution in [0.4, 0.5) is 5.95 Å². The fourth-order valence-corrected chi connectivity index (χ4v) is 1.68. The Balaban J connectivity index is 1.70. The van der Waals surface area contributed by atoms with Crippen molar-refractivity contribution in [2.75, 3.05) is 11.9 Å². The van der Waals surface area contributed by atoms with E-state index in [1.54, 1.807) is 24.5 Å². The number of carbonyl (C=O) groups is 1. The molecule has 6 nitrogen and oxygen atoms in total. The molecular formula is C12H11N3O3. The molecule has 92 valence electrons. The largest absolute Gasteiger partial charge is 0.485 e. The number of rotatable bonds is 2. The van der Waals surface area contributed by atoms with Crippen LogP contribution in [-0.4, -0.2) is 28.6 Å². The number of ether oxygens (including phenoxy) is 2. The number of nitrogens with zero attached hydrogens (tertiary/aromatic N) is 1. The number of aromatic amines is 1. The first kappa shape index (κ1) is 10.6. The molecule has 1 aliphatic heterocycles. The highest BCUT2D eigenvalue weighted by Crippen LogP contribution is 2.30. The number of amides is 1. The van der Waals surface area contributed by atoms with Gasteiger partial charge in [-0.05, 0) is 12.1 Å². The predicted octanol–water partition coefficient (Wildman–Crippen LogP) is 1.19. The molecule has 6 heteroatoms. The van der Waals surface area contributed by atoms with E-state index in [-0.39, 0.29) is 12.5 Å². The minimum atomic E-state index is -0.676. The summed E-state index contributed by atoms with van der Waals surface area (Å²) >= 11 is 0. The van der Waals surface area contributed by atoms with Gasteiger partial charge in [0, 0.05) is 12.4 Å². The van der Waals surface area contributed by atoms with Gasteiger partial charge in [-0.25, -0.2) is 4.98 Å². The lowest BCUT2D eigenvalue weighted by atomic mass is 10.2. The van der Waals surface area contributed by atoms with E-state index in [1.165, 1.54) is 0 Å². The number of carbonyl (C=O) groups excluding carboxylic acids is 1. The van der Waals surface area contributed by atoms with Gasteiger partial charge in [-0.2, -0.15) is 0 Å². The number of para-hydroxylation sites is 2. The van der Waals surface area contributed by atoms with E-state index >= 15 is 0 Å². The highest BCUT2D eigenvalue weighted by Gasteiger charge is 2.27. The summed E-state index contributed by atoms with van der Waals surface area (Å²) in [5, 5.41) is 2.61. The highest BCUT2D eigenvalue weighted by molar-refractivity contribution is 5.93. The number of benzene rings is 1. The summed E-state index contributed by atoms with van der Waals surface area (Å²) in [5.74, 6) is 1.32. The van der Waals surface area contributed by atoms with E-state index < -0.39 is 6.10 Å². The fraction of sp³-hybridized carbons (Fsp3) is 0.167. The lowest BCUT2D eigenvalue weighted by molar-refractivity contribution is -0.125. The van der Waals surface area contributed by atoms with Crippen molar-refractivity contribution in [3.8, 4) is 11.5 Å². The SMILES string of the molecule is O=C(Nc1ncc[nH]1)C1COc2ccccc2O1. The van der Waals surface area contributed by atoms with Gasteiger partial charge >= 0.3 is 0 Å². The zero-order valence-corrected chi connectivity index (χ0v) is 9.42. The molecule has 0 aliphatic carbocycles. The third-order valence-electron chi connectivity index (χ3n) is 2.54. The van der Waals surface area contributed by atoms with Crippen LogP contribution in [0.2, 0.25) is 0 Å². The van der Waals surface area contributed by atoms with Crippen LogP contribution in [0.15, 0.2) is 36.7 Å². The smallest absolute Gasteiger partial charge is 0.271 e. The minimum absolute atomic E-state index is 0.184. The van der Waals surface area contributed by atoms with Crippen LogP contribution in [0.25, 0.3) is 0 Å². The van der Waals surface area contributed by atoms with Crippen molar-refractivity contribution in [2.24, 2.45) is 0 Å². The number of fused-ring (bicyclic) bond motifs is 1. The maximum absolute atomic E-state index is 11.9. The van der Waals surface area contributed by atoms with Crippen LogP contribution in [0.1, 0.15) is 0 Å². The molecule has 0 spiro atoms. The van der Waals surface area contributed by atoms with E-state index in [2.05, 4.69) is 15.3 Å². The van der Waals surface area contributed by atoms with Gasteiger partial charge in [0.15, 0.2) is 11.5 Å². The van der Waals surface area contributed by atoms with Gasteiger partial charge in [0.1, 0.15) is 6.61 Å². The van der Waals surface area contributed by atoms with E-state index in [0.29, 0.717) is 17.4 Å². The summed E-state index contributed by atoms with van der Waals surface area (Å²) in [4.78, 5) is 18.6. The minimum Gasteiger partial charge on any atom is -0.485 e. The van der Waals surface area contributed by atoms with Crippen molar-refractivity contribution >= 4 is 11.9 Å². The Morgan fingerprint density at radius 3 is 3.00 bits per heavy atom. The Kier molecular flexibility index (Phi) is 2.60. The number of hydrogen-bond acceptors (Lipinski definition) is 4. The van der Waals surface area contributed by atoms with Crippen molar-refractivity contribution in [1.82, 2.24) is 9.97 Å². The molecule has 0 radical (unpaired) electrons. The third-order valence-corrected chi connectivity index (χ3v) is 2.54. The van der Waals surface area contributed by atoms with Gasteiger partial charge in [0.2, 0.25) is 12.1 Å². The fourth-order valence-electron chi connectivity index (χ4n) is 1.68. The average molecular weight is 245 g/mol. The zero-order valence-electron chi connectivity index (χ0n) is 9.42. The van der Waals surface area contributed by atoms with E-state index in [1.807, 2.05) is 12.1 Å². The van der Waals surface area contributed by atoms with Crippen molar-refractivity contribution in [3.05, 3.63) is 36.7 Å². The van der Waals surface area contributed by atoms with Crippen LogP contribution in [0.5, 0.6) is 11.5 Å². The van der Waals surface area contributed by atoms with E-state index in [0.717, 1.165) is 0 Å². The van der Waals surface area contributed by atoms with Crippen LogP contribution >= 0.6 is 0 Å². The molecular weight excluding hydrogens is 234 g/mol. The van der Waals surface area contributed by atoms with Crippen molar-refractivity contribution < 1.29 is 14.3 Å². The van der Waals surface area contributed by atoms with Gasteiger partial charge in [0.05, 0.1) is 0 Å². The average Bonchev–Trinajstić information content (AvgIpc) is 2.91. The van der Waals surface area contributed by atoms with Crippen molar-refractivity contribution in [3.63, 3.8) is 0 Å². The lowest BCUT2D eigenvalue weighted by Crippen LogP contribution is -2.40. The normalized spacial score (nSPS) is 17.2. The second kappa shape index (κ2) is 4.40. The molecule has 1 aromatic heterocycles. The lowest BCUT2D eigenvalue weighted by Gasteiger charge is -2.25. The van der Waals surface area contributed by atoms with Gasteiger partial charge in [0.25, 0.3) is 5.91 Å². The van der Waals surface area contributed by atoms with Crippen LogP contribution in [-0.2, 0) is 4.79 Å². The first-order chi connectivity index (χ1) is 8.83. The number of aromatic nitrogens is 2. The summed E-state index contributed by atoms with van der Waals surface area (Å²) < 4.78 is 11.0. The quantitative estimate of drug-likeness (QED) is 0.833. The molecule has 1 atom stereocenters. The highest BCUT2D eigenvalue weighted by atomic mass is 16.6. The first-order valence-electron chi connectivity index (χ1n) is 5.51. The molecule has 2 N–H and O–H groups in total. The molecule has 0 bridgehead atoms. The monoisotopic (exact) mass is 245 g/mol. The third kappa shape index (κ3) is 2.00. The number of H-pyrrole nitrogens is 1. The Morgan fingerprint density at radius 1 is 1.39 bits per heavy atom. The van der Waals surface area contributed by atoms with Gasteiger partial charge in [-0.3, -0.25) is 10.1 Å². The molecule has 0 saturated heterocycles. The van der Waals surface area contributed by atoms with Gasteiger partial charge in [-0.15, -0.1) is 0 Å². The van der Waals surface area contributed by atoms with E-state index in [9.17, 15) is 4.79 Å². The zero-order chi connectivity index (χ0) is 12.4. The van der Waals surface area contributed by atoms with Crippen molar-refractivity contribution in [1.29, 1.82) is 0 Å².